The van der Waals surface area contributed by atoms with E-state index >= 15 is 0 Å². The number of ether oxygens (including phenoxy) is 2. The van der Waals surface area contributed by atoms with E-state index in [1.165, 1.54) is 24.6 Å². The first-order valence-corrected chi connectivity index (χ1v) is 11.9. The first kappa shape index (κ1) is 22.5. The molecule has 2 aliphatic carbocycles. The number of halogens is 2. The number of nitrogen functional groups attached to an aromatic ring is 1. The Morgan fingerprint density at radius 2 is 1.82 bits per heavy atom. The van der Waals surface area contributed by atoms with Gasteiger partial charge >= 0.3 is 6.61 Å². The molecule has 0 bridgehead atoms. The second-order valence-corrected chi connectivity index (χ2v) is 9.93. The lowest BCUT2D eigenvalue weighted by molar-refractivity contribution is -0.0494. The third-order valence-corrected chi connectivity index (χ3v) is 7.74. The maximum atomic E-state index is 12.7. The number of methoxy groups -OCH3 is 1. The van der Waals surface area contributed by atoms with E-state index in [1.54, 1.807) is 6.20 Å². The minimum atomic E-state index is -2.95. The van der Waals surface area contributed by atoms with Crippen LogP contribution in [0.4, 0.5) is 14.6 Å². The van der Waals surface area contributed by atoms with Crippen molar-refractivity contribution >= 4 is 5.82 Å². The molecule has 7 nitrogen and oxygen atoms in total. The van der Waals surface area contributed by atoms with E-state index in [4.69, 9.17) is 15.6 Å². The average Bonchev–Trinajstić information content (AvgIpc) is 3.15. The minimum Gasteiger partial charge on any atom is -0.431 e. The van der Waals surface area contributed by atoms with Gasteiger partial charge in [-0.15, -0.1) is 0 Å². The van der Waals surface area contributed by atoms with Gasteiger partial charge in [-0.1, -0.05) is 0 Å². The number of likely N-dealkylation sites (tertiary alicyclic amines) is 1. The molecule has 1 aliphatic heterocycles. The van der Waals surface area contributed by atoms with E-state index in [0.29, 0.717) is 41.2 Å². The highest BCUT2D eigenvalue weighted by atomic mass is 19.3. The van der Waals surface area contributed by atoms with Gasteiger partial charge in [0.1, 0.15) is 0 Å². The number of nitrogens with zero attached hydrogens (tertiary/aromatic N) is 4. The molecule has 0 radical (unpaired) electrons. The van der Waals surface area contributed by atoms with Crippen molar-refractivity contribution in [1.82, 2.24) is 19.7 Å². The average molecular weight is 462 g/mol. The van der Waals surface area contributed by atoms with E-state index in [2.05, 4.69) is 39.2 Å². The van der Waals surface area contributed by atoms with Crippen molar-refractivity contribution in [3.63, 3.8) is 0 Å². The fraction of sp³-hybridized carbons (Fsp3) is 0.667. The van der Waals surface area contributed by atoms with Crippen molar-refractivity contribution in [2.24, 2.45) is 11.8 Å². The number of pyridine rings is 1. The summed E-state index contributed by atoms with van der Waals surface area (Å²) < 4.78 is 37.6. The zero-order valence-electron chi connectivity index (χ0n) is 19.5. The summed E-state index contributed by atoms with van der Waals surface area (Å²) in [5.74, 6) is 1.73. The number of piperidine rings is 1. The third-order valence-electron chi connectivity index (χ3n) is 7.74. The molecule has 1 saturated heterocycles. The summed E-state index contributed by atoms with van der Waals surface area (Å²) in [5, 5.41) is 4.81. The van der Waals surface area contributed by atoms with Gasteiger partial charge in [-0.2, -0.15) is 13.9 Å². The second-order valence-electron chi connectivity index (χ2n) is 9.93. The van der Waals surface area contributed by atoms with Gasteiger partial charge in [-0.25, -0.2) is 4.98 Å². The van der Waals surface area contributed by atoms with Crippen LogP contribution in [0.25, 0.3) is 11.3 Å². The Labute approximate surface area is 193 Å². The lowest BCUT2D eigenvalue weighted by atomic mass is 9.99. The highest BCUT2D eigenvalue weighted by Crippen LogP contribution is 2.64. The molecule has 0 amide bonds. The SMILES string of the molecule is COC1CCN([C@H]2C[C@@H]3C(c4cc(-c5cnc(N)c(OC(F)F)c5)nn4C(C)C)[C@@H]3C2)CC1. The molecule has 2 aromatic rings. The van der Waals surface area contributed by atoms with E-state index in [9.17, 15) is 8.78 Å². The Morgan fingerprint density at radius 1 is 1.12 bits per heavy atom. The number of rotatable bonds is 7. The first-order chi connectivity index (χ1) is 15.9. The van der Waals surface area contributed by atoms with Gasteiger partial charge in [0.2, 0.25) is 0 Å². The molecule has 180 valence electrons. The van der Waals surface area contributed by atoms with Gasteiger partial charge in [0, 0.05) is 55.7 Å². The molecule has 3 aliphatic rings. The van der Waals surface area contributed by atoms with Crippen molar-refractivity contribution in [2.45, 2.75) is 70.2 Å². The summed E-state index contributed by atoms with van der Waals surface area (Å²) in [6, 6.07) is 4.48. The van der Waals surface area contributed by atoms with Crippen molar-refractivity contribution in [3.05, 3.63) is 24.0 Å². The molecular formula is C24H33F2N5O2. The molecular weight excluding hydrogens is 428 g/mol. The molecule has 0 aromatic carbocycles. The summed E-state index contributed by atoms with van der Waals surface area (Å²) in [7, 11) is 1.81. The number of aromatic nitrogens is 3. The molecule has 3 heterocycles. The minimum absolute atomic E-state index is 0.0557. The van der Waals surface area contributed by atoms with Crippen LogP contribution in [0.3, 0.4) is 0 Å². The van der Waals surface area contributed by atoms with Gasteiger partial charge in [0.05, 0.1) is 11.8 Å². The van der Waals surface area contributed by atoms with Crippen LogP contribution in [0.1, 0.15) is 57.2 Å². The van der Waals surface area contributed by atoms with Gasteiger partial charge < -0.3 is 20.1 Å². The van der Waals surface area contributed by atoms with E-state index in [1.807, 2.05) is 7.11 Å². The van der Waals surface area contributed by atoms with Crippen molar-refractivity contribution in [3.8, 4) is 17.0 Å². The van der Waals surface area contributed by atoms with Crippen LogP contribution in [0.15, 0.2) is 18.3 Å². The molecule has 2 N–H and O–H groups in total. The summed E-state index contributed by atoms with van der Waals surface area (Å²) >= 11 is 0. The van der Waals surface area contributed by atoms with Crippen molar-refractivity contribution < 1.29 is 18.3 Å². The Hall–Kier alpha value is -2.26. The zero-order chi connectivity index (χ0) is 23.3. The smallest absolute Gasteiger partial charge is 0.387 e. The second kappa shape index (κ2) is 8.83. The fourth-order valence-electron chi connectivity index (χ4n) is 6.02. The Bertz CT molecular complexity index is 977. The van der Waals surface area contributed by atoms with Crippen LogP contribution in [-0.2, 0) is 4.74 Å². The quantitative estimate of drug-likeness (QED) is 0.662. The monoisotopic (exact) mass is 461 g/mol. The maximum Gasteiger partial charge on any atom is 0.387 e. The Balaban J connectivity index is 1.31. The van der Waals surface area contributed by atoms with Crippen LogP contribution in [0, 0.1) is 11.8 Å². The summed E-state index contributed by atoms with van der Waals surface area (Å²) in [4.78, 5) is 6.70. The number of alkyl halides is 2. The molecule has 2 saturated carbocycles. The zero-order valence-corrected chi connectivity index (χ0v) is 19.5. The molecule has 9 heteroatoms. The van der Waals surface area contributed by atoms with Crippen LogP contribution >= 0.6 is 0 Å². The third kappa shape index (κ3) is 4.33. The highest BCUT2D eigenvalue weighted by molar-refractivity contribution is 5.64. The van der Waals surface area contributed by atoms with E-state index in [0.717, 1.165) is 25.9 Å². The van der Waals surface area contributed by atoms with Crippen LogP contribution in [-0.4, -0.2) is 58.6 Å². The molecule has 2 aromatic heterocycles. The lowest BCUT2D eigenvalue weighted by Gasteiger charge is -2.36. The largest absolute Gasteiger partial charge is 0.431 e. The topological polar surface area (TPSA) is 78.4 Å². The van der Waals surface area contributed by atoms with Gasteiger partial charge in [0.25, 0.3) is 0 Å². The van der Waals surface area contributed by atoms with E-state index in [-0.39, 0.29) is 17.6 Å². The normalized spacial score (nSPS) is 28.0. The maximum absolute atomic E-state index is 12.7. The van der Waals surface area contributed by atoms with Crippen molar-refractivity contribution in [2.75, 3.05) is 25.9 Å². The number of hydrogen-bond donors (Lipinski definition) is 1. The summed E-state index contributed by atoms with van der Waals surface area (Å²) in [6.45, 7) is 3.55. The van der Waals surface area contributed by atoms with Crippen LogP contribution in [0.2, 0.25) is 0 Å². The Morgan fingerprint density at radius 3 is 2.42 bits per heavy atom. The molecule has 4 atom stereocenters. The summed E-state index contributed by atoms with van der Waals surface area (Å²) in [5.41, 5.74) is 8.29. The van der Waals surface area contributed by atoms with Crippen molar-refractivity contribution in [1.29, 1.82) is 0 Å². The van der Waals surface area contributed by atoms with Gasteiger partial charge in [-0.05, 0) is 63.5 Å². The highest BCUT2D eigenvalue weighted by Gasteiger charge is 2.58. The molecule has 3 fully saturated rings. The summed E-state index contributed by atoms with van der Waals surface area (Å²) in [6.07, 6.45) is 6.71. The number of anilines is 1. The lowest BCUT2D eigenvalue weighted by Crippen LogP contribution is -2.42. The standard InChI is InChI=1S/C24H33F2N5O2/c1-13(2)31-20(11-19(29-31)14-8-21(33-24(25)26)23(27)28-12-14)22-17-9-15(10-18(17)22)30-6-4-16(32-3)5-7-30/h8,11-13,15-18,22,24H,4-7,9-10H2,1-3H3,(H2,27,28)/t15-,17-,18+,22?. The number of hydrogen-bond acceptors (Lipinski definition) is 6. The van der Waals surface area contributed by atoms with E-state index < -0.39 is 6.61 Å². The van der Waals surface area contributed by atoms with Gasteiger partial charge in [-0.3, -0.25) is 4.68 Å². The van der Waals surface area contributed by atoms with Crippen LogP contribution < -0.4 is 10.5 Å². The molecule has 0 spiro atoms. The Kier molecular flexibility index (Phi) is 6.03. The van der Waals surface area contributed by atoms with Crippen LogP contribution in [0.5, 0.6) is 5.75 Å². The predicted octanol–water partition coefficient (Wildman–Crippen LogP) is 4.31. The molecule has 1 unspecified atom stereocenters. The number of fused-ring (bicyclic) bond motifs is 1. The number of nitrogens with two attached hydrogens (primary N) is 1. The first-order valence-electron chi connectivity index (χ1n) is 11.9. The fourth-order valence-corrected chi connectivity index (χ4v) is 6.02. The van der Waals surface area contributed by atoms with Gasteiger partial charge in [0.15, 0.2) is 11.6 Å². The predicted molar refractivity (Wildman–Crippen MR) is 121 cm³/mol. The molecule has 5 rings (SSSR count). The molecule has 33 heavy (non-hydrogen) atoms.